The average molecular weight is 158 g/mol. The van der Waals surface area contributed by atoms with E-state index in [1.54, 1.807) is 24.3 Å². The molecule has 0 atom stereocenters. The minimum absolute atomic E-state index is 0.684. The number of hydrogen-bond acceptors (Lipinski definition) is 3. The molecule has 0 aliphatic carbocycles. The van der Waals surface area contributed by atoms with Gasteiger partial charge < -0.3 is 5.73 Å². The van der Waals surface area contributed by atoms with E-state index in [9.17, 15) is 4.48 Å². The molecule has 0 bridgehead atoms. The van der Waals surface area contributed by atoms with Crippen LogP contribution in [-0.2, 0) is 0 Å². The van der Waals surface area contributed by atoms with Gasteiger partial charge in [-0.25, -0.2) is 0 Å². The maximum atomic E-state index is 11.5. The summed E-state index contributed by atoms with van der Waals surface area (Å²) in [5.74, 6) is 0. The number of nitrogens with one attached hydrogen (secondary N) is 1. The Bertz CT molecular complexity index is 199. The van der Waals surface area contributed by atoms with E-state index in [4.69, 9.17) is 5.73 Å². The fraction of sp³-hybridized carbons (Fsp3) is 0. The normalized spacial score (nSPS) is 9.70. The molecular formula is C6H7FN2S. The molecule has 0 unspecified atom stereocenters. The van der Waals surface area contributed by atoms with Crippen molar-refractivity contribution in [3.63, 3.8) is 0 Å². The molecule has 0 aromatic heterocycles. The largest absolute Gasteiger partial charge is 0.399 e. The lowest BCUT2D eigenvalue weighted by Gasteiger charge is -1.95. The zero-order valence-electron chi connectivity index (χ0n) is 5.17. The van der Waals surface area contributed by atoms with Crippen LogP contribution in [0.25, 0.3) is 0 Å². The average Bonchev–Trinajstić information content (AvgIpc) is 1.95. The van der Waals surface area contributed by atoms with E-state index in [-0.39, 0.29) is 0 Å². The minimum atomic E-state index is 0.684. The van der Waals surface area contributed by atoms with Crippen LogP contribution in [0.3, 0.4) is 0 Å². The summed E-state index contributed by atoms with van der Waals surface area (Å²) < 4.78 is 11.5. The number of halogens is 1. The molecule has 1 aromatic carbocycles. The molecule has 54 valence electrons. The van der Waals surface area contributed by atoms with Crippen LogP contribution < -0.4 is 10.7 Å². The monoisotopic (exact) mass is 158 g/mol. The molecule has 0 spiro atoms. The van der Waals surface area contributed by atoms with Crippen molar-refractivity contribution in [3.8, 4) is 0 Å². The third-order valence-electron chi connectivity index (χ3n) is 1.04. The summed E-state index contributed by atoms with van der Waals surface area (Å²) in [7, 11) is 0. The first-order valence-corrected chi connectivity index (χ1v) is 3.52. The molecule has 0 aliphatic heterocycles. The second kappa shape index (κ2) is 3.43. The molecule has 0 radical (unpaired) electrons. The van der Waals surface area contributed by atoms with E-state index >= 15 is 0 Å². The van der Waals surface area contributed by atoms with Crippen LogP contribution in [0, 0.1) is 0 Å². The Hall–Kier alpha value is -0.740. The summed E-state index contributed by atoms with van der Waals surface area (Å²) in [5, 5.41) is 0. The number of nitrogen functional groups attached to an aromatic ring is 1. The molecule has 0 saturated carbocycles. The summed E-state index contributed by atoms with van der Waals surface area (Å²) in [5.41, 5.74) is 6.08. The van der Waals surface area contributed by atoms with Crippen LogP contribution in [0.1, 0.15) is 0 Å². The third kappa shape index (κ3) is 1.89. The molecule has 4 heteroatoms. The second-order valence-corrected chi connectivity index (χ2v) is 2.58. The lowest BCUT2D eigenvalue weighted by atomic mass is 10.3. The van der Waals surface area contributed by atoms with Gasteiger partial charge in [-0.05, 0) is 36.2 Å². The molecule has 0 aliphatic rings. The highest BCUT2D eigenvalue weighted by Crippen LogP contribution is 2.15. The van der Waals surface area contributed by atoms with E-state index in [1.807, 2.05) is 0 Å². The molecule has 2 nitrogen and oxygen atoms in total. The molecule has 3 N–H and O–H groups in total. The molecule has 0 heterocycles. The highest BCUT2D eigenvalue weighted by atomic mass is 32.2. The van der Waals surface area contributed by atoms with Gasteiger partial charge in [0.15, 0.2) is 0 Å². The van der Waals surface area contributed by atoms with E-state index in [1.165, 1.54) is 4.94 Å². The fourth-order valence-electron chi connectivity index (χ4n) is 0.580. The highest BCUT2D eigenvalue weighted by molar-refractivity contribution is 7.97. The van der Waals surface area contributed by atoms with Gasteiger partial charge in [-0.2, -0.15) is 0 Å². The highest BCUT2D eigenvalue weighted by Gasteiger charge is 1.90. The Morgan fingerprint density at radius 3 is 2.40 bits per heavy atom. The number of hydrogen-bond donors (Lipinski definition) is 2. The van der Waals surface area contributed by atoms with Gasteiger partial charge in [-0.15, -0.1) is 4.48 Å². The maximum Gasteiger partial charge on any atom is 0.0314 e. The molecule has 1 rings (SSSR count). The predicted molar refractivity (Wildman–Crippen MR) is 41.0 cm³/mol. The Balaban J connectivity index is 2.69. The summed E-state index contributed by atoms with van der Waals surface area (Å²) >= 11 is 0.912. The maximum absolute atomic E-state index is 11.5. The zero-order valence-corrected chi connectivity index (χ0v) is 5.99. The van der Waals surface area contributed by atoms with Crippen molar-refractivity contribution in [3.05, 3.63) is 24.3 Å². The first-order valence-electron chi connectivity index (χ1n) is 2.71. The molecule has 0 amide bonds. The third-order valence-corrected chi connectivity index (χ3v) is 1.62. The summed E-state index contributed by atoms with van der Waals surface area (Å²) in [6, 6.07) is 6.93. The van der Waals surface area contributed by atoms with E-state index < -0.39 is 0 Å². The van der Waals surface area contributed by atoms with E-state index in [0.717, 1.165) is 16.8 Å². The van der Waals surface area contributed by atoms with Gasteiger partial charge in [0.05, 0.1) is 0 Å². The fourth-order valence-corrected chi connectivity index (χ4v) is 0.942. The topological polar surface area (TPSA) is 38.0 Å². The van der Waals surface area contributed by atoms with Crippen molar-refractivity contribution in [1.82, 2.24) is 4.94 Å². The van der Waals surface area contributed by atoms with Crippen molar-refractivity contribution in [1.29, 1.82) is 0 Å². The van der Waals surface area contributed by atoms with Crippen LogP contribution in [0.4, 0.5) is 10.2 Å². The summed E-state index contributed by atoms with van der Waals surface area (Å²) in [4.78, 5) is 2.28. The SMILES string of the molecule is Nc1ccc(SNF)cc1. The molecule has 1 aromatic rings. The van der Waals surface area contributed by atoms with Crippen LogP contribution >= 0.6 is 11.9 Å². The van der Waals surface area contributed by atoms with Crippen LogP contribution in [0.5, 0.6) is 0 Å². The molecule has 0 fully saturated rings. The van der Waals surface area contributed by atoms with Gasteiger partial charge in [-0.1, -0.05) is 4.94 Å². The Labute approximate surface area is 62.7 Å². The molecular weight excluding hydrogens is 151 g/mol. The molecule has 10 heavy (non-hydrogen) atoms. The Morgan fingerprint density at radius 2 is 1.90 bits per heavy atom. The first kappa shape index (κ1) is 7.37. The van der Waals surface area contributed by atoms with Crippen LogP contribution in [0.15, 0.2) is 29.2 Å². The second-order valence-electron chi connectivity index (χ2n) is 1.75. The van der Waals surface area contributed by atoms with Crippen molar-refractivity contribution >= 4 is 17.6 Å². The number of anilines is 1. The van der Waals surface area contributed by atoms with Gasteiger partial charge >= 0.3 is 0 Å². The Kier molecular flexibility index (Phi) is 2.53. The summed E-state index contributed by atoms with van der Waals surface area (Å²) in [6.07, 6.45) is 0. The van der Waals surface area contributed by atoms with E-state index in [2.05, 4.69) is 0 Å². The van der Waals surface area contributed by atoms with Crippen LogP contribution in [-0.4, -0.2) is 0 Å². The quantitative estimate of drug-likeness (QED) is 0.391. The number of rotatable bonds is 2. The van der Waals surface area contributed by atoms with Gasteiger partial charge in [0, 0.05) is 10.6 Å². The lowest BCUT2D eigenvalue weighted by molar-refractivity contribution is 0.465. The van der Waals surface area contributed by atoms with Gasteiger partial charge in [-0.3, -0.25) is 0 Å². The lowest BCUT2D eigenvalue weighted by Crippen LogP contribution is -1.85. The molecule has 0 saturated heterocycles. The van der Waals surface area contributed by atoms with Gasteiger partial charge in [0.1, 0.15) is 0 Å². The smallest absolute Gasteiger partial charge is 0.0314 e. The van der Waals surface area contributed by atoms with Gasteiger partial charge in [0.25, 0.3) is 0 Å². The standard InChI is InChI=1S/C6H7FN2S/c7-9-10-6-3-1-5(8)2-4-6/h1-4,9H,8H2. The van der Waals surface area contributed by atoms with Crippen LogP contribution in [0.2, 0.25) is 0 Å². The first-order chi connectivity index (χ1) is 4.83. The van der Waals surface area contributed by atoms with Crippen molar-refractivity contribution in [2.75, 3.05) is 5.73 Å². The van der Waals surface area contributed by atoms with Crippen molar-refractivity contribution in [2.24, 2.45) is 0 Å². The van der Waals surface area contributed by atoms with Crippen molar-refractivity contribution < 1.29 is 4.48 Å². The van der Waals surface area contributed by atoms with E-state index in [0.29, 0.717) is 5.69 Å². The predicted octanol–water partition coefficient (Wildman–Crippen LogP) is 1.75. The number of nitrogens with two attached hydrogens (primary N) is 1. The Morgan fingerprint density at radius 1 is 1.30 bits per heavy atom. The van der Waals surface area contributed by atoms with Gasteiger partial charge in [0.2, 0.25) is 0 Å². The number of benzene rings is 1. The summed E-state index contributed by atoms with van der Waals surface area (Å²) in [6.45, 7) is 0. The minimum Gasteiger partial charge on any atom is -0.399 e. The zero-order chi connectivity index (χ0) is 7.40. The van der Waals surface area contributed by atoms with Crippen molar-refractivity contribution in [2.45, 2.75) is 4.90 Å².